The molecule has 100 valence electrons. The Hall–Kier alpha value is -1.91. The van der Waals surface area contributed by atoms with Crippen molar-refractivity contribution in [2.45, 2.75) is 13.0 Å². The molecule has 1 aromatic carbocycles. The van der Waals surface area contributed by atoms with Crippen LogP contribution >= 0.6 is 0 Å². The lowest BCUT2D eigenvalue weighted by Gasteiger charge is -2.27. The average molecular weight is 280 g/mol. The second-order valence-electron chi connectivity index (χ2n) is 4.29. The van der Waals surface area contributed by atoms with Crippen molar-refractivity contribution in [3.8, 4) is 6.07 Å². The number of nitriles is 1. The molecule has 0 spiro atoms. The topological polar surface area (TPSA) is 98.5 Å². The third-order valence-electron chi connectivity index (χ3n) is 3.07. The molecule has 0 radical (unpaired) electrons. The highest BCUT2D eigenvalue weighted by Gasteiger charge is 2.26. The van der Waals surface area contributed by atoms with Crippen molar-refractivity contribution in [2.24, 2.45) is 0 Å². The van der Waals surface area contributed by atoms with Crippen LogP contribution in [-0.2, 0) is 23.0 Å². The molecule has 0 aliphatic carbocycles. The van der Waals surface area contributed by atoms with Crippen LogP contribution in [0.5, 0.6) is 0 Å². The zero-order valence-electron chi connectivity index (χ0n) is 10.0. The molecule has 0 amide bonds. The van der Waals surface area contributed by atoms with Gasteiger partial charge in [0.25, 0.3) is 0 Å². The van der Waals surface area contributed by atoms with Crippen molar-refractivity contribution < 1.29 is 18.3 Å². The molecule has 0 fully saturated rings. The zero-order valence-corrected chi connectivity index (χ0v) is 10.9. The van der Waals surface area contributed by atoms with Gasteiger partial charge in [-0.2, -0.15) is 9.57 Å². The summed E-state index contributed by atoms with van der Waals surface area (Å²) in [6.45, 7) is 0.448. The van der Waals surface area contributed by atoms with E-state index in [4.69, 9.17) is 10.4 Å². The lowest BCUT2D eigenvalue weighted by atomic mass is 9.99. The summed E-state index contributed by atoms with van der Waals surface area (Å²) in [5.74, 6) is -1.60. The number of nitrogens with zero attached hydrogens (tertiary/aromatic N) is 2. The number of aromatic carboxylic acids is 1. The van der Waals surface area contributed by atoms with Gasteiger partial charge in [0.2, 0.25) is 10.0 Å². The van der Waals surface area contributed by atoms with Crippen molar-refractivity contribution >= 4 is 16.0 Å². The Morgan fingerprint density at radius 3 is 2.79 bits per heavy atom. The maximum atomic E-state index is 11.8. The monoisotopic (exact) mass is 280 g/mol. The molecule has 0 saturated carbocycles. The highest BCUT2D eigenvalue weighted by molar-refractivity contribution is 7.89. The second-order valence-corrected chi connectivity index (χ2v) is 6.26. The number of carbonyl (C=O) groups is 1. The Labute approximate surface area is 110 Å². The number of hydrogen-bond donors (Lipinski definition) is 1. The van der Waals surface area contributed by atoms with Crippen molar-refractivity contribution in [1.82, 2.24) is 4.31 Å². The number of rotatable bonds is 3. The van der Waals surface area contributed by atoms with Crippen LogP contribution in [0.1, 0.15) is 21.5 Å². The quantitative estimate of drug-likeness (QED) is 0.874. The summed E-state index contributed by atoms with van der Waals surface area (Å²) < 4.78 is 24.8. The molecule has 0 saturated heterocycles. The third-order valence-corrected chi connectivity index (χ3v) is 4.66. The first-order valence-corrected chi connectivity index (χ1v) is 7.25. The van der Waals surface area contributed by atoms with E-state index in [0.717, 1.165) is 5.56 Å². The first kappa shape index (κ1) is 13.5. The Kier molecular flexibility index (Phi) is 3.55. The van der Waals surface area contributed by atoms with Gasteiger partial charge in [-0.05, 0) is 29.7 Å². The summed E-state index contributed by atoms with van der Waals surface area (Å²) in [6, 6.07) is 6.36. The molecule has 1 aliphatic heterocycles. The smallest absolute Gasteiger partial charge is 0.335 e. The molecule has 0 unspecified atom stereocenters. The van der Waals surface area contributed by atoms with Gasteiger partial charge in [-0.1, -0.05) is 6.07 Å². The van der Waals surface area contributed by atoms with Crippen LogP contribution in [0.25, 0.3) is 0 Å². The molecule has 0 bridgehead atoms. The van der Waals surface area contributed by atoms with Crippen LogP contribution in [0.2, 0.25) is 0 Å². The highest BCUT2D eigenvalue weighted by atomic mass is 32.2. The van der Waals surface area contributed by atoms with Crippen LogP contribution in [-0.4, -0.2) is 36.1 Å². The van der Waals surface area contributed by atoms with E-state index < -0.39 is 21.7 Å². The summed E-state index contributed by atoms with van der Waals surface area (Å²) >= 11 is 0. The van der Waals surface area contributed by atoms with Gasteiger partial charge in [-0.25, -0.2) is 13.2 Å². The van der Waals surface area contributed by atoms with Gasteiger partial charge in [0.15, 0.2) is 5.75 Å². The van der Waals surface area contributed by atoms with Gasteiger partial charge >= 0.3 is 5.97 Å². The Morgan fingerprint density at radius 1 is 1.42 bits per heavy atom. The lowest BCUT2D eigenvalue weighted by Crippen LogP contribution is -2.37. The van der Waals surface area contributed by atoms with E-state index in [1.165, 1.54) is 16.4 Å². The van der Waals surface area contributed by atoms with E-state index in [0.29, 0.717) is 18.5 Å². The van der Waals surface area contributed by atoms with Gasteiger partial charge in [-0.15, -0.1) is 0 Å². The number of carboxylic acid groups (broad SMARTS) is 1. The fraction of sp³-hybridized carbons (Fsp3) is 0.333. The van der Waals surface area contributed by atoms with Crippen molar-refractivity contribution in [1.29, 1.82) is 5.26 Å². The minimum absolute atomic E-state index is 0.125. The normalized spacial score (nSPS) is 15.5. The third kappa shape index (κ3) is 2.75. The van der Waals surface area contributed by atoms with E-state index in [1.54, 1.807) is 12.1 Å². The average Bonchev–Trinajstić information content (AvgIpc) is 2.37. The highest BCUT2D eigenvalue weighted by Crippen LogP contribution is 2.22. The van der Waals surface area contributed by atoms with Crippen molar-refractivity contribution in [3.05, 3.63) is 34.9 Å². The van der Waals surface area contributed by atoms with E-state index >= 15 is 0 Å². The molecule has 1 heterocycles. The van der Waals surface area contributed by atoms with Gasteiger partial charge in [0.05, 0.1) is 11.6 Å². The molecule has 1 N–H and O–H groups in total. The largest absolute Gasteiger partial charge is 0.478 e. The molecule has 6 nitrogen and oxygen atoms in total. The summed E-state index contributed by atoms with van der Waals surface area (Å²) in [6.07, 6.45) is 0.528. The van der Waals surface area contributed by atoms with Gasteiger partial charge < -0.3 is 5.11 Å². The van der Waals surface area contributed by atoms with Crippen LogP contribution in [0.15, 0.2) is 18.2 Å². The Balaban J connectivity index is 2.31. The standard InChI is InChI=1S/C12H12N2O4S/c13-4-6-19(17,18)14-5-3-9-1-2-10(12(15)16)7-11(9)8-14/h1-2,7H,3,5-6,8H2,(H,15,16). The van der Waals surface area contributed by atoms with Gasteiger partial charge in [0.1, 0.15) is 0 Å². The fourth-order valence-electron chi connectivity index (χ4n) is 2.07. The number of carboxylic acids is 1. The van der Waals surface area contributed by atoms with Crippen LogP contribution in [0.4, 0.5) is 0 Å². The van der Waals surface area contributed by atoms with Crippen molar-refractivity contribution in [3.63, 3.8) is 0 Å². The molecular formula is C12H12N2O4S. The SMILES string of the molecule is N#CCS(=O)(=O)N1CCc2ccc(C(=O)O)cc2C1. The second kappa shape index (κ2) is 4.99. The molecule has 2 rings (SSSR count). The van der Waals surface area contributed by atoms with E-state index in [2.05, 4.69) is 0 Å². The van der Waals surface area contributed by atoms with Crippen LogP contribution < -0.4 is 0 Å². The maximum absolute atomic E-state index is 11.8. The molecule has 1 aliphatic rings. The Morgan fingerprint density at radius 2 is 2.16 bits per heavy atom. The van der Waals surface area contributed by atoms with E-state index in [-0.39, 0.29) is 12.1 Å². The van der Waals surface area contributed by atoms with E-state index in [1.807, 2.05) is 0 Å². The lowest BCUT2D eigenvalue weighted by molar-refractivity contribution is 0.0696. The summed E-state index contributed by atoms with van der Waals surface area (Å²) in [4.78, 5) is 10.9. The number of hydrogen-bond acceptors (Lipinski definition) is 4. The summed E-state index contributed by atoms with van der Waals surface area (Å²) in [5, 5.41) is 17.4. The van der Waals surface area contributed by atoms with Crippen LogP contribution in [0, 0.1) is 11.3 Å². The first-order valence-electron chi connectivity index (χ1n) is 5.64. The fourth-order valence-corrected chi connectivity index (χ4v) is 3.13. The van der Waals surface area contributed by atoms with Gasteiger partial charge in [-0.3, -0.25) is 0 Å². The van der Waals surface area contributed by atoms with Crippen LogP contribution in [0.3, 0.4) is 0 Å². The summed E-state index contributed by atoms with van der Waals surface area (Å²) in [5.41, 5.74) is 1.78. The predicted molar refractivity (Wildman–Crippen MR) is 66.9 cm³/mol. The molecule has 1 aromatic rings. The molecule has 0 atom stereocenters. The predicted octanol–water partition coefficient (Wildman–Crippen LogP) is 0.596. The number of benzene rings is 1. The first-order chi connectivity index (χ1) is 8.94. The van der Waals surface area contributed by atoms with E-state index in [9.17, 15) is 13.2 Å². The zero-order chi connectivity index (χ0) is 14.0. The van der Waals surface area contributed by atoms with Gasteiger partial charge in [0, 0.05) is 13.1 Å². The summed E-state index contributed by atoms with van der Waals surface area (Å²) in [7, 11) is -3.58. The van der Waals surface area contributed by atoms with Crippen molar-refractivity contribution in [2.75, 3.05) is 12.3 Å². The maximum Gasteiger partial charge on any atom is 0.335 e. The Bertz CT molecular complexity index is 661. The molecular weight excluding hydrogens is 268 g/mol. The minimum Gasteiger partial charge on any atom is -0.478 e. The number of sulfonamides is 1. The molecule has 19 heavy (non-hydrogen) atoms. The molecule has 0 aromatic heterocycles. The number of fused-ring (bicyclic) bond motifs is 1. The minimum atomic E-state index is -3.58. The molecule has 7 heteroatoms.